The smallest absolute Gasteiger partial charge is 0.241 e. The molecule has 0 atom stereocenters. The summed E-state index contributed by atoms with van der Waals surface area (Å²) in [7, 11) is -3.70. The molecule has 0 aliphatic carbocycles. The normalized spacial score (nSPS) is 13.1. The summed E-state index contributed by atoms with van der Waals surface area (Å²) in [6.45, 7) is 0.568. The molecule has 0 radical (unpaired) electrons. The number of carbonyl (C=O) groups excluding carboxylic acids is 1. The van der Waals surface area contributed by atoms with E-state index in [9.17, 15) is 17.6 Å². The second-order valence-electron chi connectivity index (χ2n) is 6.00. The molecule has 7 nitrogen and oxygen atoms in total. The van der Waals surface area contributed by atoms with Gasteiger partial charge in [-0.15, -0.1) is 0 Å². The number of fused-ring (bicyclic) bond motifs is 1. The zero-order valence-electron chi connectivity index (χ0n) is 14.6. The van der Waals surface area contributed by atoms with Crippen LogP contribution in [0.2, 0.25) is 0 Å². The predicted molar refractivity (Wildman–Crippen MR) is 97.9 cm³/mol. The molecule has 27 heavy (non-hydrogen) atoms. The maximum atomic E-state index is 12.9. The van der Waals surface area contributed by atoms with Crippen LogP contribution < -0.4 is 19.1 Å². The minimum Gasteiger partial charge on any atom is -0.486 e. The molecule has 3 rings (SSSR count). The van der Waals surface area contributed by atoms with Gasteiger partial charge in [0, 0.05) is 12.6 Å². The first-order valence-corrected chi connectivity index (χ1v) is 10.1. The molecule has 0 saturated heterocycles. The van der Waals surface area contributed by atoms with Crippen molar-refractivity contribution in [2.45, 2.75) is 6.54 Å². The van der Waals surface area contributed by atoms with Crippen molar-refractivity contribution in [1.82, 2.24) is 5.32 Å². The van der Waals surface area contributed by atoms with E-state index in [1.54, 1.807) is 24.3 Å². The molecule has 1 aliphatic heterocycles. The van der Waals surface area contributed by atoms with Gasteiger partial charge in [-0.05, 0) is 29.8 Å². The average molecular weight is 394 g/mol. The van der Waals surface area contributed by atoms with Gasteiger partial charge in [0.15, 0.2) is 11.5 Å². The Morgan fingerprint density at radius 2 is 1.78 bits per heavy atom. The number of amides is 1. The molecule has 2 aromatic rings. The lowest BCUT2D eigenvalue weighted by molar-refractivity contribution is -0.119. The van der Waals surface area contributed by atoms with Crippen molar-refractivity contribution >= 4 is 21.6 Å². The molecule has 144 valence electrons. The Hall–Kier alpha value is -2.81. The molecule has 0 fully saturated rings. The summed E-state index contributed by atoms with van der Waals surface area (Å²) in [6.07, 6.45) is 1.02. The minimum atomic E-state index is -3.70. The summed E-state index contributed by atoms with van der Waals surface area (Å²) in [5.74, 6) is 0.102. The maximum absolute atomic E-state index is 12.9. The number of carbonyl (C=O) groups is 1. The number of rotatable bonds is 6. The number of ether oxygens (including phenoxy) is 2. The first kappa shape index (κ1) is 19.0. The molecule has 0 bridgehead atoms. The highest BCUT2D eigenvalue weighted by Crippen LogP contribution is 2.34. The van der Waals surface area contributed by atoms with Gasteiger partial charge in [-0.3, -0.25) is 9.10 Å². The molecule has 0 spiro atoms. The van der Waals surface area contributed by atoms with Gasteiger partial charge in [-0.1, -0.05) is 12.1 Å². The van der Waals surface area contributed by atoms with Crippen molar-refractivity contribution in [3.63, 3.8) is 0 Å². The number of benzene rings is 2. The van der Waals surface area contributed by atoms with E-state index in [0.717, 1.165) is 10.6 Å². The van der Waals surface area contributed by atoms with Crippen LogP contribution in [0.4, 0.5) is 10.1 Å². The SMILES string of the molecule is CS(=O)(=O)N(CC(=O)NCc1ccc(F)cc1)c1ccc2c(c1)OCCO2. The summed E-state index contributed by atoms with van der Waals surface area (Å²) in [4.78, 5) is 12.3. The fourth-order valence-electron chi connectivity index (χ4n) is 2.58. The van der Waals surface area contributed by atoms with Gasteiger partial charge < -0.3 is 14.8 Å². The molecule has 1 N–H and O–H groups in total. The van der Waals surface area contributed by atoms with Gasteiger partial charge in [0.1, 0.15) is 25.6 Å². The number of nitrogens with zero attached hydrogens (tertiary/aromatic N) is 1. The first-order valence-electron chi connectivity index (χ1n) is 8.21. The predicted octanol–water partition coefficient (Wildman–Crippen LogP) is 1.68. The van der Waals surface area contributed by atoms with Gasteiger partial charge in [0.25, 0.3) is 0 Å². The molecule has 1 heterocycles. The number of halogens is 1. The molecular weight excluding hydrogens is 375 g/mol. The second kappa shape index (κ2) is 7.83. The highest BCUT2D eigenvalue weighted by atomic mass is 32.2. The van der Waals surface area contributed by atoms with Crippen LogP contribution in [-0.2, 0) is 21.4 Å². The summed E-state index contributed by atoms with van der Waals surface area (Å²) in [6, 6.07) is 10.4. The van der Waals surface area contributed by atoms with E-state index >= 15 is 0 Å². The molecule has 1 amide bonds. The van der Waals surface area contributed by atoms with Crippen molar-refractivity contribution in [2.75, 3.05) is 30.3 Å². The van der Waals surface area contributed by atoms with Gasteiger partial charge >= 0.3 is 0 Å². The van der Waals surface area contributed by atoms with Crippen LogP contribution in [0.3, 0.4) is 0 Å². The standard InChI is InChI=1S/C18H19FN2O5S/c1-27(23,24)21(15-6-7-16-17(10-15)26-9-8-25-16)12-18(22)20-11-13-2-4-14(19)5-3-13/h2-7,10H,8-9,11-12H2,1H3,(H,20,22). The van der Waals surface area contributed by atoms with Crippen LogP contribution in [0.25, 0.3) is 0 Å². The zero-order valence-corrected chi connectivity index (χ0v) is 15.5. The molecule has 1 aliphatic rings. The monoisotopic (exact) mass is 394 g/mol. The van der Waals surface area contributed by atoms with Gasteiger partial charge in [0.2, 0.25) is 15.9 Å². The Kier molecular flexibility index (Phi) is 5.50. The van der Waals surface area contributed by atoms with E-state index < -0.39 is 15.9 Å². The van der Waals surface area contributed by atoms with E-state index in [-0.39, 0.29) is 18.9 Å². The number of hydrogen-bond donors (Lipinski definition) is 1. The Morgan fingerprint density at radius 3 is 2.44 bits per heavy atom. The largest absolute Gasteiger partial charge is 0.486 e. The highest BCUT2D eigenvalue weighted by Gasteiger charge is 2.23. The topological polar surface area (TPSA) is 84.9 Å². The van der Waals surface area contributed by atoms with Crippen LogP contribution in [0.1, 0.15) is 5.56 Å². The third-order valence-corrected chi connectivity index (χ3v) is 5.04. The third-order valence-electron chi connectivity index (χ3n) is 3.90. The third kappa shape index (κ3) is 4.88. The second-order valence-corrected chi connectivity index (χ2v) is 7.91. The van der Waals surface area contributed by atoms with Gasteiger partial charge in [-0.2, -0.15) is 0 Å². The summed E-state index contributed by atoms with van der Waals surface area (Å²) in [5, 5.41) is 2.63. The van der Waals surface area contributed by atoms with Gasteiger partial charge in [0.05, 0.1) is 11.9 Å². The van der Waals surface area contributed by atoms with Crippen molar-refractivity contribution < 1.29 is 27.1 Å². The zero-order chi connectivity index (χ0) is 19.4. The molecule has 0 aromatic heterocycles. The van der Waals surface area contributed by atoms with Crippen molar-refractivity contribution in [3.05, 3.63) is 53.8 Å². The summed E-state index contributed by atoms with van der Waals surface area (Å²) in [5.41, 5.74) is 1.01. The van der Waals surface area contributed by atoms with Crippen LogP contribution in [0.5, 0.6) is 11.5 Å². The quantitative estimate of drug-likeness (QED) is 0.806. The number of nitrogens with one attached hydrogen (secondary N) is 1. The number of anilines is 1. The Morgan fingerprint density at radius 1 is 1.11 bits per heavy atom. The molecule has 9 heteroatoms. The Balaban J connectivity index is 1.71. The Labute approximate surface area is 156 Å². The lowest BCUT2D eigenvalue weighted by Gasteiger charge is -2.24. The van der Waals surface area contributed by atoms with Crippen molar-refractivity contribution in [2.24, 2.45) is 0 Å². The highest BCUT2D eigenvalue weighted by molar-refractivity contribution is 7.92. The minimum absolute atomic E-state index is 0.165. The van der Waals surface area contributed by atoms with Crippen LogP contribution >= 0.6 is 0 Å². The summed E-state index contributed by atoms with van der Waals surface area (Å²) >= 11 is 0. The summed E-state index contributed by atoms with van der Waals surface area (Å²) < 4.78 is 49.2. The Bertz CT molecular complexity index is 931. The average Bonchev–Trinajstić information content (AvgIpc) is 2.64. The molecule has 2 aromatic carbocycles. The number of hydrogen-bond acceptors (Lipinski definition) is 5. The molecular formula is C18H19FN2O5S. The molecule has 0 saturated carbocycles. The van der Waals surface area contributed by atoms with Crippen molar-refractivity contribution in [1.29, 1.82) is 0 Å². The van der Waals surface area contributed by atoms with Crippen LogP contribution in [0.15, 0.2) is 42.5 Å². The number of sulfonamides is 1. The van der Waals surface area contributed by atoms with E-state index in [2.05, 4.69) is 5.32 Å². The lowest BCUT2D eigenvalue weighted by Crippen LogP contribution is -2.40. The van der Waals surface area contributed by atoms with Crippen LogP contribution in [0, 0.1) is 5.82 Å². The van der Waals surface area contributed by atoms with Crippen molar-refractivity contribution in [3.8, 4) is 11.5 Å². The van der Waals surface area contributed by atoms with E-state index in [1.165, 1.54) is 18.2 Å². The lowest BCUT2D eigenvalue weighted by atomic mass is 10.2. The first-order chi connectivity index (χ1) is 12.8. The van der Waals surface area contributed by atoms with Gasteiger partial charge in [-0.25, -0.2) is 12.8 Å². The maximum Gasteiger partial charge on any atom is 0.241 e. The van der Waals surface area contributed by atoms with E-state index in [0.29, 0.717) is 36.0 Å². The molecule has 0 unspecified atom stereocenters. The van der Waals surface area contributed by atoms with E-state index in [4.69, 9.17) is 9.47 Å². The fourth-order valence-corrected chi connectivity index (χ4v) is 3.42. The fraction of sp³-hybridized carbons (Fsp3) is 0.278. The van der Waals surface area contributed by atoms with E-state index in [1.807, 2.05) is 0 Å². The van der Waals surface area contributed by atoms with Crippen LogP contribution in [-0.4, -0.2) is 40.3 Å².